The van der Waals surface area contributed by atoms with Gasteiger partial charge in [0.25, 0.3) is 0 Å². The Hall–Kier alpha value is -3.58. The van der Waals surface area contributed by atoms with E-state index in [2.05, 4.69) is 12.1 Å². The van der Waals surface area contributed by atoms with Gasteiger partial charge in [-0.1, -0.05) is 44.2 Å². The molecule has 0 N–H and O–H groups in total. The maximum absolute atomic E-state index is 13.1. The lowest BCUT2D eigenvalue weighted by Gasteiger charge is -2.34. The minimum Gasteiger partial charge on any atom is -0.488 e. The fourth-order valence-electron chi connectivity index (χ4n) is 5.43. The van der Waals surface area contributed by atoms with Crippen molar-refractivity contribution in [3.8, 4) is 11.8 Å². The number of likely N-dealkylation sites (N-methyl/N-ethyl adjacent to an activating group) is 1. The predicted octanol–water partition coefficient (Wildman–Crippen LogP) is 5.96. The van der Waals surface area contributed by atoms with Crippen molar-refractivity contribution < 1.29 is 41.5 Å². The molecular weight excluding hydrogens is 561 g/mol. The van der Waals surface area contributed by atoms with Crippen molar-refractivity contribution in [3.63, 3.8) is 0 Å². The molecule has 3 rings (SSSR count). The number of esters is 2. The molecule has 0 aromatic heterocycles. The summed E-state index contributed by atoms with van der Waals surface area (Å²) in [5.41, 5.74) is 3.55. The molecule has 43 heavy (non-hydrogen) atoms. The van der Waals surface area contributed by atoms with Crippen molar-refractivity contribution in [2.24, 2.45) is 5.92 Å². The first-order valence-electron chi connectivity index (χ1n) is 14.8. The van der Waals surface area contributed by atoms with Crippen LogP contribution in [-0.4, -0.2) is 68.6 Å². The number of hydrogen-bond acceptors (Lipinski definition) is 6. The van der Waals surface area contributed by atoms with E-state index in [1.807, 2.05) is 46.1 Å². The zero-order valence-corrected chi connectivity index (χ0v) is 25.4. The summed E-state index contributed by atoms with van der Waals surface area (Å²) in [6.07, 6.45) is -1.79. The highest BCUT2D eigenvalue weighted by atomic mass is 19.4. The summed E-state index contributed by atoms with van der Waals surface area (Å²) >= 11 is 0. The van der Waals surface area contributed by atoms with Gasteiger partial charge in [0.15, 0.2) is 6.10 Å². The number of carbonyl (C=O) groups excluding carboxylic acids is 2. The van der Waals surface area contributed by atoms with Crippen LogP contribution < -0.4 is 4.74 Å². The Morgan fingerprint density at radius 2 is 1.67 bits per heavy atom. The molecule has 1 aliphatic carbocycles. The highest BCUT2D eigenvalue weighted by molar-refractivity contribution is 5.75. The number of fused-ring (bicyclic) bond motifs is 1. The van der Waals surface area contributed by atoms with E-state index in [1.54, 1.807) is 12.1 Å². The molecule has 0 spiro atoms. The van der Waals surface area contributed by atoms with Gasteiger partial charge >= 0.3 is 18.1 Å². The molecular formula is C33H42F3N2O5+. The average Bonchev–Trinajstić information content (AvgIpc) is 3.39. The van der Waals surface area contributed by atoms with Crippen LogP contribution in [0.25, 0.3) is 0 Å². The molecule has 0 bridgehead atoms. The topological polar surface area (TPSA) is 85.6 Å². The molecule has 234 valence electrons. The zero-order chi connectivity index (χ0) is 31.6. The largest absolute Gasteiger partial charge is 0.490 e. The van der Waals surface area contributed by atoms with Crippen LogP contribution in [0.3, 0.4) is 0 Å². The van der Waals surface area contributed by atoms with Gasteiger partial charge in [0.2, 0.25) is 0 Å². The number of hydrogen-bond donors (Lipinski definition) is 0. The smallest absolute Gasteiger partial charge is 0.488 e. The van der Waals surface area contributed by atoms with Crippen molar-refractivity contribution >= 4 is 11.9 Å². The van der Waals surface area contributed by atoms with E-state index in [9.17, 15) is 28.0 Å². The van der Waals surface area contributed by atoms with Crippen LogP contribution in [0.2, 0.25) is 0 Å². The van der Waals surface area contributed by atoms with Gasteiger partial charge in [-0.3, -0.25) is 4.79 Å². The summed E-state index contributed by atoms with van der Waals surface area (Å²) in [5, 5.41) is 9.58. The fraction of sp³-hybridized carbons (Fsp3) is 0.545. The van der Waals surface area contributed by atoms with E-state index in [4.69, 9.17) is 14.2 Å². The lowest BCUT2D eigenvalue weighted by Crippen LogP contribution is -2.50. The molecule has 0 amide bonds. The summed E-state index contributed by atoms with van der Waals surface area (Å²) in [6.45, 7) is 4.28. The Bertz CT molecular complexity index is 1260. The third-order valence-corrected chi connectivity index (χ3v) is 7.90. The Balaban J connectivity index is 1.65. The summed E-state index contributed by atoms with van der Waals surface area (Å²) < 4.78 is 55.9. The second-order valence-electron chi connectivity index (χ2n) is 11.9. The number of benzene rings is 2. The number of ether oxygens (including phenoxy) is 3. The first-order chi connectivity index (χ1) is 20.3. The number of alkyl halides is 3. The van der Waals surface area contributed by atoms with Crippen LogP contribution in [0.5, 0.6) is 5.75 Å². The monoisotopic (exact) mass is 603 g/mol. The summed E-state index contributed by atoms with van der Waals surface area (Å²) in [4.78, 5) is 24.0. The van der Waals surface area contributed by atoms with E-state index < -0.39 is 18.2 Å². The maximum Gasteiger partial charge on any atom is 0.490 e. The number of nitriles is 1. The van der Waals surface area contributed by atoms with Gasteiger partial charge in [-0.2, -0.15) is 18.4 Å². The lowest BCUT2D eigenvalue weighted by molar-refractivity contribution is -0.893. The van der Waals surface area contributed by atoms with Crippen LogP contribution >= 0.6 is 0 Å². The van der Waals surface area contributed by atoms with E-state index >= 15 is 0 Å². The van der Waals surface area contributed by atoms with E-state index in [0.29, 0.717) is 28.9 Å². The molecule has 0 unspecified atom stereocenters. The van der Waals surface area contributed by atoms with Crippen LogP contribution in [0.1, 0.15) is 61.8 Å². The molecule has 0 fully saturated rings. The molecule has 2 aromatic rings. The fourth-order valence-corrected chi connectivity index (χ4v) is 5.43. The van der Waals surface area contributed by atoms with Crippen molar-refractivity contribution in [3.05, 3.63) is 64.7 Å². The highest BCUT2D eigenvalue weighted by Gasteiger charge is 2.43. The van der Waals surface area contributed by atoms with Gasteiger partial charge in [0.05, 0.1) is 26.2 Å². The van der Waals surface area contributed by atoms with Crippen molar-refractivity contribution in [2.45, 2.75) is 77.2 Å². The second kappa shape index (κ2) is 15.2. The third-order valence-electron chi connectivity index (χ3n) is 7.90. The van der Waals surface area contributed by atoms with Gasteiger partial charge in [-0.25, -0.2) is 4.79 Å². The van der Waals surface area contributed by atoms with Crippen LogP contribution in [0.4, 0.5) is 13.2 Å². The van der Waals surface area contributed by atoms with Gasteiger partial charge in [0, 0.05) is 12.8 Å². The molecule has 10 heteroatoms. The minimum absolute atomic E-state index is 0.0882. The first-order valence-corrected chi connectivity index (χ1v) is 14.8. The number of halogens is 3. The SMILES string of the molecule is CCC(CC)OC(=O)CCc1ccc(C#N)c(OC[C@@H](C[N+](C)(C)CCC2Cc3ccccc3C2)OC(=O)C(F)(F)F)c1. The standard InChI is InChI=1S/C33H42F3N2O5/c1-5-28(6-2)42-31(39)14-12-23-11-13-27(20-37)30(19-23)41-22-29(43-32(40)33(34,35)36)21-38(3,4)16-15-24-17-25-9-7-8-10-26(25)18-24/h7-11,13,19,24,28-29H,5-6,12,14-18,21-22H2,1-4H3/q+1/t29-/m1/s1. The molecule has 1 aliphatic rings. The van der Waals surface area contributed by atoms with Crippen molar-refractivity contribution in [1.29, 1.82) is 5.26 Å². The van der Waals surface area contributed by atoms with Crippen LogP contribution in [0, 0.1) is 17.2 Å². The highest BCUT2D eigenvalue weighted by Crippen LogP contribution is 2.29. The molecule has 7 nitrogen and oxygen atoms in total. The summed E-state index contributed by atoms with van der Waals surface area (Å²) in [5.74, 6) is -2.02. The van der Waals surface area contributed by atoms with Gasteiger partial charge in [0.1, 0.15) is 31.1 Å². The number of carbonyl (C=O) groups is 2. The normalized spacial score (nSPS) is 14.2. The molecule has 1 atom stereocenters. The third kappa shape index (κ3) is 10.6. The van der Waals surface area contributed by atoms with Crippen LogP contribution in [-0.2, 0) is 38.3 Å². The Labute approximate surface area is 252 Å². The molecule has 2 aromatic carbocycles. The van der Waals surface area contributed by atoms with E-state index in [0.717, 1.165) is 32.1 Å². The zero-order valence-electron chi connectivity index (χ0n) is 25.4. The number of aryl methyl sites for hydroxylation is 1. The van der Waals surface area contributed by atoms with Crippen molar-refractivity contribution in [2.75, 3.05) is 33.8 Å². The average molecular weight is 604 g/mol. The van der Waals surface area contributed by atoms with Gasteiger partial charge in [-0.05, 0) is 66.8 Å². The van der Waals surface area contributed by atoms with E-state index in [1.165, 1.54) is 17.2 Å². The summed E-state index contributed by atoms with van der Waals surface area (Å²) in [6, 6.07) is 15.1. The lowest BCUT2D eigenvalue weighted by atomic mass is 10.0. The van der Waals surface area contributed by atoms with Gasteiger partial charge < -0.3 is 18.7 Å². The van der Waals surface area contributed by atoms with Crippen molar-refractivity contribution in [1.82, 2.24) is 0 Å². The Morgan fingerprint density at radius 3 is 2.26 bits per heavy atom. The quantitative estimate of drug-likeness (QED) is 0.185. The molecule has 0 saturated carbocycles. The summed E-state index contributed by atoms with van der Waals surface area (Å²) in [7, 11) is 3.77. The van der Waals surface area contributed by atoms with Gasteiger partial charge in [-0.15, -0.1) is 0 Å². The predicted molar refractivity (Wildman–Crippen MR) is 155 cm³/mol. The molecule has 0 radical (unpaired) electrons. The molecule has 0 saturated heterocycles. The first kappa shape index (κ1) is 33.9. The molecule has 0 aliphatic heterocycles. The molecule has 0 heterocycles. The maximum atomic E-state index is 13.1. The number of rotatable bonds is 15. The van der Waals surface area contributed by atoms with E-state index in [-0.39, 0.29) is 43.0 Å². The second-order valence-corrected chi connectivity index (χ2v) is 11.9. The number of nitrogens with zero attached hydrogens (tertiary/aromatic N) is 2. The van der Waals surface area contributed by atoms with Crippen LogP contribution in [0.15, 0.2) is 42.5 Å². The Kier molecular flexibility index (Phi) is 12.0. The number of quaternary nitrogens is 1. The minimum atomic E-state index is -5.15. The Morgan fingerprint density at radius 1 is 1.02 bits per heavy atom.